The molecule has 6 N–H and O–H groups in total. The number of ether oxygens (including phenoxy) is 1. The molecule has 4 rings (SSSR count). The van der Waals surface area contributed by atoms with Crippen LogP contribution in [0.2, 0.25) is 5.02 Å². The number of hydrogen-bond acceptors (Lipinski definition) is 8. The summed E-state index contributed by atoms with van der Waals surface area (Å²) in [5.41, 5.74) is 9.76. The van der Waals surface area contributed by atoms with Gasteiger partial charge in [-0.2, -0.15) is 5.11 Å². The third-order valence-electron chi connectivity index (χ3n) is 6.88. The Balaban J connectivity index is 1.57. The molecule has 3 atom stereocenters. The van der Waals surface area contributed by atoms with Crippen LogP contribution in [0.4, 0.5) is 26.2 Å². The normalized spacial score (nSPS) is 17.7. The van der Waals surface area contributed by atoms with Gasteiger partial charge in [-0.25, -0.2) is 19.7 Å². The van der Waals surface area contributed by atoms with Crippen LogP contribution in [0, 0.1) is 17.3 Å². The minimum atomic E-state index is -1.13. The summed E-state index contributed by atoms with van der Waals surface area (Å²) in [6, 6.07) is 7.80. The van der Waals surface area contributed by atoms with E-state index in [1.807, 2.05) is 6.92 Å². The van der Waals surface area contributed by atoms with Crippen molar-refractivity contribution in [2.75, 3.05) is 29.6 Å². The van der Waals surface area contributed by atoms with Gasteiger partial charge in [-0.15, -0.1) is 0 Å². The molecule has 2 heterocycles. The van der Waals surface area contributed by atoms with Gasteiger partial charge in [-0.3, -0.25) is 14.9 Å². The van der Waals surface area contributed by atoms with Crippen LogP contribution in [0.25, 0.3) is 11.3 Å². The Kier molecular flexibility index (Phi) is 10.1. The van der Waals surface area contributed by atoms with E-state index in [9.17, 15) is 18.8 Å². The van der Waals surface area contributed by atoms with Gasteiger partial charge >= 0.3 is 6.09 Å². The van der Waals surface area contributed by atoms with E-state index in [1.165, 1.54) is 19.2 Å². The molecule has 0 saturated heterocycles. The summed E-state index contributed by atoms with van der Waals surface area (Å²) in [5.74, 6) is -0.822. The molecule has 0 spiro atoms. The molecule has 0 aliphatic carbocycles. The average molecular weight is 599 g/mol. The molecule has 12 nitrogen and oxygen atoms in total. The lowest BCUT2D eigenvalue weighted by Crippen LogP contribution is -2.40. The molecule has 1 aromatic heterocycles. The number of anilines is 3. The summed E-state index contributed by atoms with van der Waals surface area (Å²) < 4.78 is 18.9. The second-order valence-corrected chi connectivity index (χ2v) is 10.4. The quantitative estimate of drug-likeness (QED) is 0.186. The Bertz CT molecular complexity index is 1470. The molecule has 0 radical (unpaired) electrons. The van der Waals surface area contributed by atoms with Crippen LogP contribution in [0.1, 0.15) is 44.5 Å². The fourth-order valence-corrected chi connectivity index (χ4v) is 4.83. The van der Waals surface area contributed by atoms with Gasteiger partial charge in [0.15, 0.2) is 11.9 Å². The number of rotatable bonds is 7. The van der Waals surface area contributed by atoms with Crippen LogP contribution in [-0.4, -0.2) is 47.6 Å². The first-order chi connectivity index (χ1) is 20.2. The maximum absolute atomic E-state index is 14.3. The molecular weight excluding hydrogens is 567 g/mol. The minimum absolute atomic E-state index is 0.0565. The number of imidazole rings is 1. The maximum Gasteiger partial charge on any atom is 0.411 e. The van der Waals surface area contributed by atoms with Gasteiger partial charge < -0.3 is 25.7 Å². The molecule has 0 fully saturated rings. The molecule has 3 unspecified atom stereocenters. The number of aromatic amines is 1. The predicted octanol–water partition coefficient (Wildman–Crippen LogP) is 5.87. The second kappa shape index (κ2) is 13.9. The van der Waals surface area contributed by atoms with Gasteiger partial charge in [0.25, 0.3) is 0 Å². The molecular formula is C28H32ClFN8O4. The number of H-pyrrole nitrogens is 1. The summed E-state index contributed by atoms with van der Waals surface area (Å²) >= 11 is 5.84. The molecule has 1 aliphatic heterocycles. The molecule has 1 aliphatic rings. The number of hydrogen-bond donors (Lipinski definition) is 6. The number of benzene rings is 2. The van der Waals surface area contributed by atoms with Gasteiger partial charge in [0, 0.05) is 24.2 Å². The fraction of sp³-hybridized carbons (Fsp3) is 0.357. The number of amides is 3. The van der Waals surface area contributed by atoms with Crippen LogP contribution >= 0.6 is 11.6 Å². The highest BCUT2D eigenvalue weighted by Crippen LogP contribution is 2.32. The van der Waals surface area contributed by atoms with Crippen molar-refractivity contribution in [3.8, 4) is 11.3 Å². The first-order valence-electron chi connectivity index (χ1n) is 13.4. The number of carbonyl (C=O) groups excluding carboxylic acids is 3. The van der Waals surface area contributed by atoms with Crippen molar-refractivity contribution in [2.45, 2.75) is 44.7 Å². The van der Waals surface area contributed by atoms with Crippen molar-refractivity contribution < 1.29 is 23.5 Å². The first kappa shape index (κ1) is 30.4. The monoisotopic (exact) mass is 598 g/mol. The first-order valence-corrected chi connectivity index (χ1v) is 13.7. The number of nitrogens with one attached hydrogen (secondary N) is 6. The van der Waals surface area contributed by atoms with E-state index in [1.54, 1.807) is 30.5 Å². The van der Waals surface area contributed by atoms with E-state index in [4.69, 9.17) is 17.1 Å². The molecule has 3 amide bonds. The molecule has 222 valence electrons. The van der Waals surface area contributed by atoms with Crippen molar-refractivity contribution >= 4 is 46.6 Å². The molecule has 42 heavy (non-hydrogen) atoms. The van der Waals surface area contributed by atoms with E-state index in [0.29, 0.717) is 47.7 Å². The highest BCUT2D eigenvalue weighted by atomic mass is 35.5. The largest absolute Gasteiger partial charge is 0.453 e. The van der Waals surface area contributed by atoms with Gasteiger partial charge in [0.2, 0.25) is 11.8 Å². The Hall–Kier alpha value is -4.52. The topological polar surface area (TPSA) is 173 Å². The second-order valence-electron chi connectivity index (χ2n) is 10.0. The molecule has 2 aromatic carbocycles. The summed E-state index contributed by atoms with van der Waals surface area (Å²) in [5, 5.41) is 14.6. The van der Waals surface area contributed by atoms with E-state index in [0.717, 1.165) is 0 Å². The number of nitrogens with zero attached hydrogens (tertiary/aromatic N) is 2. The van der Waals surface area contributed by atoms with Gasteiger partial charge in [0.05, 0.1) is 41.4 Å². The smallest absolute Gasteiger partial charge is 0.411 e. The number of methoxy groups -OCH3 is 1. The average Bonchev–Trinajstić information content (AvgIpc) is 3.44. The van der Waals surface area contributed by atoms with Crippen LogP contribution < -0.4 is 21.3 Å². The third kappa shape index (κ3) is 7.60. The Morgan fingerprint density at radius 1 is 1.29 bits per heavy atom. The van der Waals surface area contributed by atoms with Crippen molar-refractivity contribution in [3.05, 3.63) is 59.3 Å². The van der Waals surface area contributed by atoms with E-state index in [2.05, 4.69) is 41.1 Å². The SMILES string of the molecule is COC(=O)Nc1ccc2c(c1)NC(=O)CC(C)CCCC(NC(=O)C(CNc1cccc(Cl)c1F)N=N)c1ncc-2[nH]1. The summed E-state index contributed by atoms with van der Waals surface area (Å²) in [4.78, 5) is 45.5. The van der Waals surface area contributed by atoms with Crippen LogP contribution in [0.5, 0.6) is 0 Å². The molecule has 0 saturated carbocycles. The number of aromatic nitrogens is 2. The molecule has 14 heteroatoms. The van der Waals surface area contributed by atoms with Crippen LogP contribution in [0.15, 0.2) is 47.7 Å². The zero-order valence-corrected chi connectivity index (χ0v) is 23.8. The van der Waals surface area contributed by atoms with Crippen molar-refractivity contribution in [2.24, 2.45) is 11.0 Å². The predicted molar refractivity (Wildman–Crippen MR) is 156 cm³/mol. The summed E-state index contributed by atoms with van der Waals surface area (Å²) in [6.45, 7) is 1.85. The zero-order valence-electron chi connectivity index (χ0n) is 23.1. The van der Waals surface area contributed by atoms with Gasteiger partial charge in [-0.1, -0.05) is 37.4 Å². The highest BCUT2D eigenvalue weighted by Gasteiger charge is 2.26. The summed E-state index contributed by atoms with van der Waals surface area (Å²) in [6.07, 6.45) is 3.14. The van der Waals surface area contributed by atoms with Crippen molar-refractivity contribution in [1.29, 1.82) is 5.53 Å². The Morgan fingerprint density at radius 2 is 2.10 bits per heavy atom. The number of halogens is 2. The highest BCUT2D eigenvalue weighted by molar-refractivity contribution is 6.31. The van der Waals surface area contributed by atoms with E-state index in [-0.39, 0.29) is 35.5 Å². The van der Waals surface area contributed by atoms with Crippen molar-refractivity contribution in [1.82, 2.24) is 15.3 Å². The number of carbonyl (C=O) groups is 3. The lowest BCUT2D eigenvalue weighted by atomic mass is 9.97. The standard InChI is InChI=1S/C28H32ClFN8O4/c1-15-5-3-8-20(37-27(40)23(38-31)14-32-19-7-4-6-18(29)25(19)30)26-33-13-22(36-26)17-10-9-16(34-28(41)42-2)12-21(17)35-24(39)11-15/h4,6-7,9-10,12-13,15,20,23,31-32H,3,5,8,11,14H2,1-2H3,(H,33,36)(H,34,41)(H,35,39)(H,37,40). The summed E-state index contributed by atoms with van der Waals surface area (Å²) in [7, 11) is 1.26. The van der Waals surface area contributed by atoms with Crippen LogP contribution in [-0.2, 0) is 14.3 Å². The third-order valence-corrected chi connectivity index (χ3v) is 7.17. The molecule has 3 aromatic rings. The van der Waals surface area contributed by atoms with E-state index < -0.39 is 29.9 Å². The van der Waals surface area contributed by atoms with Gasteiger partial charge in [-0.05, 0) is 42.7 Å². The minimum Gasteiger partial charge on any atom is -0.453 e. The van der Waals surface area contributed by atoms with Crippen molar-refractivity contribution in [3.63, 3.8) is 0 Å². The zero-order chi connectivity index (χ0) is 30.2. The maximum atomic E-state index is 14.3. The lowest BCUT2D eigenvalue weighted by Gasteiger charge is -2.20. The van der Waals surface area contributed by atoms with E-state index >= 15 is 0 Å². The van der Waals surface area contributed by atoms with Gasteiger partial charge in [0.1, 0.15) is 5.82 Å². The van der Waals surface area contributed by atoms with Crippen LogP contribution in [0.3, 0.4) is 0 Å². The lowest BCUT2D eigenvalue weighted by molar-refractivity contribution is -0.123. The number of fused-ring (bicyclic) bond motifs is 4. The Labute approximate surface area is 246 Å². The molecule has 2 bridgehead atoms. The fourth-order valence-electron chi connectivity index (χ4n) is 4.66. The Morgan fingerprint density at radius 3 is 2.86 bits per heavy atom.